The molecule has 2 rings (SSSR count). The number of nitrogens with zero attached hydrogens (tertiary/aromatic N) is 3. The molecule has 11 heteroatoms. The molecule has 0 aliphatic carbocycles. The Bertz CT molecular complexity index is 703. The van der Waals surface area contributed by atoms with E-state index in [1.54, 1.807) is 0 Å². The summed E-state index contributed by atoms with van der Waals surface area (Å²) in [5, 5.41) is 14.0. The number of nitro groups is 1. The van der Waals surface area contributed by atoms with Crippen LogP contribution in [0, 0.1) is 10.1 Å². The van der Waals surface area contributed by atoms with Crippen molar-refractivity contribution in [3.05, 3.63) is 57.4 Å². The highest BCUT2D eigenvalue weighted by molar-refractivity contribution is 5.34. The van der Waals surface area contributed by atoms with Crippen LogP contribution < -0.4 is 0 Å². The lowest BCUT2D eigenvalue weighted by Crippen LogP contribution is -2.13. The van der Waals surface area contributed by atoms with Crippen LogP contribution in [0.15, 0.2) is 30.6 Å². The standard InChI is InChI=1S/C12H7F6N3O2/c13-11(14,15)8-1-7(2-9(3-8)12(16,17)18)5-20-6-10(4-19-20)21(22)23/h1-4,6H,5H2. The van der Waals surface area contributed by atoms with Gasteiger partial charge in [-0.1, -0.05) is 0 Å². The molecule has 5 nitrogen and oxygen atoms in total. The van der Waals surface area contributed by atoms with E-state index in [0.29, 0.717) is 12.1 Å². The van der Waals surface area contributed by atoms with Crippen molar-refractivity contribution < 1.29 is 31.3 Å². The molecule has 0 amide bonds. The van der Waals surface area contributed by atoms with Crippen LogP contribution in [0.5, 0.6) is 0 Å². The third-order valence-electron chi connectivity index (χ3n) is 2.82. The van der Waals surface area contributed by atoms with Gasteiger partial charge in [0.05, 0.1) is 22.6 Å². The predicted molar refractivity (Wildman–Crippen MR) is 64.4 cm³/mol. The van der Waals surface area contributed by atoms with E-state index in [0.717, 1.165) is 17.1 Å². The lowest BCUT2D eigenvalue weighted by atomic mass is 10.0. The van der Waals surface area contributed by atoms with Crippen LogP contribution in [0.2, 0.25) is 0 Å². The SMILES string of the molecule is O=[N+]([O-])c1cnn(Cc2cc(C(F)(F)F)cc(C(F)(F)F)c2)c1. The normalized spacial score (nSPS) is 12.4. The number of rotatable bonds is 3. The van der Waals surface area contributed by atoms with Gasteiger partial charge < -0.3 is 0 Å². The predicted octanol–water partition coefficient (Wildman–Crippen LogP) is 3.88. The Balaban J connectivity index is 2.42. The minimum absolute atomic E-state index is 0.00897. The number of alkyl halides is 6. The Morgan fingerprint density at radius 1 is 1.04 bits per heavy atom. The van der Waals surface area contributed by atoms with Crippen molar-refractivity contribution in [3.63, 3.8) is 0 Å². The van der Waals surface area contributed by atoms with Crippen molar-refractivity contribution in [2.24, 2.45) is 0 Å². The van der Waals surface area contributed by atoms with Crippen molar-refractivity contribution in [1.82, 2.24) is 9.78 Å². The molecule has 0 aliphatic heterocycles. The zero-order chi connectivity index (χ0) is 17.4. The van der Waals surface area contributed by atoms with Crippen LogP contribution in [0.4, 0.5) is 32.0 Å². The van der Waals surface area contributed by atoms with E-state index in [1.807, 2.05) is 0 Å². The van der Waals surface area contributed by atoms with E-state index < -0.39 is 40.6 Å². The van der Waals surface area contributed by atoms with Gasteiger partial charge >= 0.3 is 18.0 Å². The van der Waals surface area contributed by atoms with Crippen LogP contribution in [0.1, 0.15) is 16.7 Å². The van der Waals surface area contributed by atoms with Crippen LogP contribution in [-0.2, 0) is 18.9 Å². The molecule has 124 valence electrons. The van der Waals surface area contributed by atoms with Gasteiger partial charge in [-0.25, -0.2) is 0 Å². The minimum atomic E-state index is -4.95. The van der Waals surface area contributed by atoms with E-state index in [-0.39, 0.29) is 11.6 Å². The van der Waals surface area contributed by atoms with E-state index in [1.165, 1.54) is 0 Å². The van der Waals surface area contributed by atoms with Crippen molar-refractivity contribution in [2.45, 2.75) is 18.9 Å². The Labute approximate surface area is 124 Å². The fourth-order valence-electron chi connectivity index (χ4n) is 1.83. The molecular formula is C12H7F6N3O2. The second-order valence-corrected chi connectivity index (χ2v) is 4.57. The molecule has 0 unspecified atom stereocenters. The summed E-state index contributed by atoms with van der Waals surface area (Å²) >= 11 is 0. The third kappa shape index (κ3) is 3.99. The quantitative estimate of drug-likeness (QED) is 0.484. The van der Waals surface area contributed by atoms with E-state index in [4.69, 9.17) is 0 Å². The molecule has 2 aromatic rings. The summed E-state index contributed by atoms with van der Waals surface area (Å²) in [7, 11) is 0. The molecule has 0 aliphatic rings. The summed E-state index contributed by atoms with van der Waals surface area (Å²) in [5.74, 6) is 0. The maximum atomic E-state index is 12.7. The topological polar surface area (TPSA) is 61.0 Å². The Morgan fingerprint density at radius 2 is 1.57 bits per heavy atom. The first-order chi connectivity index (χ1) is 10.5. The van der Waals surface area contributed by atoms with Crippen LogP contribution in [0.3, 0.4) is 0 Å². The molecule has 0 atom stereocenters. The second kappa shape index (κ2) is 5.56. The first kappa shape index (κ1) is 16.8. The molecule has 0 saturated carbocycles. The fraction of sp³-hybridized carbons (Fsp3) is 0.250. The molecule has 0 radical (unpaired) electrons. The van der Waals surface area contributed by atoms with Gasteiger partial charge in [0, 0.05) is 0 Å². The van der Waals surface area contributed by atoms with Crippen LogP contribution >= 0.6 is 0 Å². The van der Waals surface area contributed by atoms with Gasteiger partial charge in [0.2, 0.25) is 0 Å². The average Bonchev–Trinajstić information content (AvgIpc) is 2.85. The number of hydrogen-bond acceptors (Lipinski definition) is 3. The molecule has 1 heterocycles. The van der Waals surface area contributed by atoms with Gasteiger partial charge in [-0.3, -0.25) is 14.8 Å². The smallest absolute Gasteiger partial charge is 0.261 e. The first-order valence-corrected chi connectivity index (χ1v) is 5.92. The van der Waals surface area contributed by atoms with Crippen molar-refractivity contribution in [1.29, 1.82) is 0 Å². The van der Waals surface area contributed by atoms with E-state index in [9.17, 15) is 36.5 Å². The summed E-state index contributed by atoms with van der Waals surface area (Å²) in [5.41, 5.74) is -3.66. The van der Waals surface area contributed by atoms with Crippen molar-refractivity contribution in [3.8, 4) is 0 Å². The lowest BCUT2D eigenvalue weighted by molar-refractivity contribution is -0.385. The largest absolute Gasteiger partial charge is 0.416 e. The Kier molecular flexibility index (Phi) is 4.05. The number of hydrogen-bond donors (Lipinski definition) is 0. The third-order valence-corrected chi connectivity index (χ3v) is 2.82. The molecule has 0 bridgehead atoms. The van der Waals surface area contributed by atoms with Gasteiger partial charge in [-0.2, -0.15) is 31.4 Å². The van der Waals surface area contributed by atoms with Gasteiger partial charge in [0.15, 0.2) is 0 Å². The van der Waals surface area contributed by atoms with E-state index in [2.05, 4.69) is 5.10 Å². The summed E-state index contributed by atoms with van der Waals surface area (Å²) in [4.78, 5) is 9.71. The maximum absolute atomic E-state index is 12.7. The average molecular weight is 339 g/mol. The van der Waals surface area contributed by atoms with Gasteiger partial charge in [0.1, 0.15) is 12.4 Å². The first-order valence-electron chi connectivity index (χ1n) is 5.92. The monoisotopic (exact) mass is 339 g/mol. The highest BCUT2D eigenvalue weighted by Crippen LogP contribution is 2.36. The molecule has 0 saturated heterocycles. The molecule has 0 fully saturated rings. The molecule has 0 spiro atoms. The molecule has 1 aromatic heterocycles. The zero-order valence-corrected chi connectivity index (χ0v) is 11.0. The Hall–Kier alpha value is -2.59. The summed E-state index contributed by atoms with van der Waals surface area (Å²) in [6.45, 7) is -0.471. The van der Waals surface area contributed by atoms with Crippen LogP contribution in [-0.4, -0.2) is 14.7 Å². The summed E-state index contributed by atoms with van der Waals surface area (Å²) < 4.78 is 77.1. The number of aromatic nitrogens is 2. The van der Waals surface area contributed by atoms with Gasteiger partial charge in [0.25, 0.3) is 0 Å². The molecule has 1 aromatic carbocycles. The van der Waals surface area contributed by atoms with E-state index >= 15 is 0 Å². The van der Waals surface area contributed by atoms with Gasteiger partial charge in [-0.05, 0) is 23.8 Å². The highest BCUT2D eigenvalue weighted by atomic mass is 19.4. The summed E-state index contributed by atoms with van der Waals surface area (Å²) in [6.07, 6.45) is -8.15. The number of benzene rings is 1. The second-order valence-electron chi connectivity index (χ2n) is 4.57. The molecular weight excluding hydrogens is 332 g/mol. The Morgan fingerprint density at radius 3 is 1.96 bits per heavy atom. The molecule has 23 heavy (non-hydrogen) atoms. The highest BCUT2D eigenvalue weighted by Gasteiger charge is 2.36. The zero-order valence-electron chi connectivity index (χ0n) is 11.0. The molecule has 0 N–H and O–H groups in total. The van der Waals surface area contributed by atoms with Crippen molar-refractivity contribution >= 4 is 5.69 Å². The van der Waals surface area contributed by atoms with Crippen LogP contribution in [0.25, 0.3) is 0 Å². The maximum Gasteiger partial charge on any atom is 0.416 e. The minimum Gasteiger partial charge on any atom is -0.261 e. The fourth-order valence-corrected chi connectivity index (χ4v) is 1.83. The van der Waals surface area contributed by atoms with Gasteiger partial charge in [-0.15, -0.1) is 0 Å². The lowest BCUT2D eigenvalue weighted by Gasteiger charge is -2.14. The number of halogens is 6. The van der Waals surface area contributed by atoms with Crippen molar-refractivity contribution in [2.75, 3.05) is 0 Å². The summed E-state index contributed by atoms with van der Waals surface area (Å²) in [6, 6.07) is 1.10.